The standard InChI is InChI=1S/C9H16O2/c10-8-6-4-2-1-3-5-7-9-11/h4,6,9-10H,1-3,5,7-8H2. The molecule has 0 bridgehead atoms. The zero-order valence-corrected chi connectivity index (χ0v) is 6.83. The van der Waals surface area contributed by atoms with E-state index in [9.17, 15) is 4.79 Å². The number of aliphatic hydroxyl groups is 1. The summed E-state index contributed by atoms with van der Waals surface area (Å²) in [5.41, 5.74) is 0. The number of hydrogen-bond acceptors (Lipinski definition) is 2. The molecular weight excluding hydrogens is 140 g/mol. The van der Waals surface area contributed by atoms with Gasteiger partial charge in [-0.1, -0.05) is 18.6 Å². The van der Waals surface area contributed by atoms with Crippen molar-refractivity contribution in [3.8, 4) is 0 Å². The van der Waals surface area contributed by atoms with Gasteiger partial charge in [-0.2, -0.15) is 0 Å². The smallest absolute Gasteiger partial charge is 0.119 e. The Morgan fingerprint density at radius 2 is 1.73 bits per heavy atom. The minimum Gasteiger partial charge on any atom is -0.392 e. The fourth-order valence-corrected chi connectivity index (χ4v) is 0.859. The highest BCUT2D eigenvalue weighted by Crippen LogP contribution is 2.01. The van der Waals surface area contributed by atoms with Crippen molar-refractivity contribution in [3.05, 3.63) is 12.2 Å². The maximum atomic E-state index is 9.89. The Labute approximate surface area is 67.9 Å². The van der Waals surface area contributed by atoms with Gasteiger partial charge < -0.3 is 9.90 Å². The highest BCUT2D eigenvalue weighted by atomic mass is 16.2. The first-order chi connectivity index (χ1) is 5.41. The SMILES string of the molecule is O=CCCCCCC=CCO. The van der Waals surface area contributed by atoms with E-state index in [2.05, 4.69) is 0 Å². The maximum Gasteiger partial charge on any atom is 0.119 e. The van der Waals surface area contributed by atoms with E-state index in [0.717, 1.165) is 32.0 Å². The van der Waals surface area contributed by atoms with Crippen molar-refractivity contribution < 1.29 is 9.90 Å². The third-order valence-corrected chi connectivity index (χ3v) is 1.46. The van der Waals surface area contributed by atoms with Gasteiger partial charge >= 0.3 is 0 Å². The molecule has 0 aliphatic rings. The molecule has 0 aliphatic carbocycles. The average Bonchev–Trinajstić information content (AvgIpc) is 2.03. The van der Waals surface area contributed by atoms with Crippen LogP contribution in [0.4, 0.5) is 0 Å². The van der Waals surface area contributed by atoms with Crippen molar-refractivity contribution >= 4 is 6.29 Å². The number of carbonyl (C=O) groups is 1. The van der Waals surface area contributed by atoms with Gasteiger partial charge in [0.2, 0.25) is 0 Å². The van der Waals surface area contributed by atoms with Crippen LogP contribution in [-0.4, -0.2) is 18.0 Å². The van der Waals surface area contributed by atoms with Gasteiger partial charge in [0.1, 0.15) is 6.29 Å². The number of aliphatic hydroxyl groups excluding tert-OH is 1. The zero-order valence-electron chi connectivity index (χ0n) is 6.83. The second kappa shape index (κ2) is 9.37. The first-order valence-corrected chi connectivity index (χ1v) is 4.11. The van der Waals surface area contributed by atoms with Gasteiger partial charge in [-0.05, 0) is 19.3 Å². The summed E-state index contributed by atoms with van der Waals surface area (Å²) in [5.74, 6) is 0. The van der Waals surface area contributed by atoms with E-state index in [4.69, 9.17) is 5.11 Å². The lowest BCUT2D eigenvalue weighted by molar-refractivity contribution is -0.107. The number of allylic oxidation sites excluding steroid dienone is 1. The summed E-state index contributed by atoms with van der Waals surface area (Å²) in [7, 11) is 0. The first-order valence-electron chi connectivity index (χ1n) is 4.11. The second-order valence-electron chi connectivity index (χ2n) is 2.46. The lowest BCUT2D eigenvalue weighted by Gasteiger charge is -1.92. The molecule has 0 heterocycles. The molecule has 0 aromatic heterocycles. The lowest BCUT2D eigenvalue weighted by atomic mass is 10.1. The van der Waals surface area contributed by atoms with Gasteiger partial charge in [0.15, 0.2) is 0 Å². The predicted molar refractivity (Wildman–Crippen MR) is 45.4 cm³/mol. The molecule has 0 aromatic rings. The highest BCUT2D eigenvalue weighted by molar-refractivity contribution is 5.48. The minimum atomic E-state index is 0.133. The fourth-order valence-electron chi connectivity index (χ4n) is 0.859. The minimum absolute atomic E-state index is 0.133. The van der Waals surface area contributed by atoms with Crippen molar-refractivity contribution in [1.82, 2.24) is 0 Å². The van der Waals surface area contributed by atoms with Crippen LogP contribution in [0.25, 0.3) is 0 Å². The maximum absolute atomic E-state index is 9.89. The fraction of sp³-hybridized carbons (Fsp3) is 0.667. The van der Waals surface area contributed by atoms with Crippen LogP contribution in [0, 0.1) is 0 Å². The molecule has 11 heavy (non-hydrogen) atoms. The van der Waals surface area contributed by atoms with Crippen LogP contribution < -0.4 is 0 Å². The molecular formula is C9H16O2. The zero-order chi connectivity index (χ0) is 8.36. The highest BCUT2D eigenvalue weighted by Gasteiger charge is 1.85. The van der Waals surface area contributed by atoms with Gasteiger partial charge in [0, 0.05) is 6.42 Å². The van der Waals surface area contributed by atoms with E-state index in [-0.39, 0.29) is 6.61 Å². The van der Waals surface area contributed by atoms with Crippen LogP contribution in [0.5, 0.6) is 0 Å². The normalized spacial score (nSPS) is 10.6. The Bertz CT molecular complexity index is 108. The molecule has 0 aromatic carbocycles. The third kappa shape index (κ3) is 9.37. The van der Waals surface area contributed by atoms with Crippen LogP contribution >= 0.6 is 0 Å². The average molecular weight is 156 g/mol. The molecule has 0 rings (SSSR count). The van der Waals surface area contributed by atoms with Crippen LogP contribution in [0.3, 0.4) is 0 Å². The molecule has 0 saturated carbocycles. The predicted octanol–water partition coefficient (Wildman–Crippen LogP) is 1.68. The summed E-state index contributed by atoms with van der Waals surface area (Å²) in [6, 6.07) is 0. The van der Waals surface area contributed by atoms with E-state index in [1.807, 2.05) is 6.08 Å². The van der Waals surface area contributed by atoms with Gasteiger partial charge in [-0.25, -0.2) is 0 Å². The van der Waals surface area contributed by atoms with Crippen LogP contribution in [0.2, 0.25) is 0 Å². The largest absolute Gasteiger partial charge is 0.392 e. The molecule has 0 aliphatic heterocycles. The number of rotatable bonds is 7. The molecule has 2 nitrogen and oxygen atoms in total. The van der Waals surface area contributed by atoms with Crippen molar-refractivity contribution in [2.24, 2.45) is 0 Å². The Morgan fingerprint density at radius 1 is 1.00 bits per heavy atom. The van der Waals surface area contributed by atoms with Crippen LogP contribution in [0.1, 0.15) is 32.1 Å². The Balaban J connectivity index is 2.90. The number of aldehydes is 1. The summed E-state index contributed by atoms with van der Waals surface area (Å²) in [5, 5.41) is 8.37. The van der Waals surface area contributed by atoms with Crippen molar-refractivity contribution in [2.45, 2.75) is 32.1 Å². The van der Waals surface area contributed by atoms with E-state index < -0.39 is 0 Å². The summed E-state index contributed by atoms with van der Waals surface area (Å²) in [6.45, 7) is 0.133. The molecule has 0 atom stereocenters. The van der Waals surface area contributed by atoms with Gasteiger partial charge in [0.25, 0.3) is 0 Å². The van der Waals surface area contributed by atoms with Crippen molar-refractivity contribution in [2.75, 3.05) is 6.61 Å². The quantitative estimate of drug-likeness (QED) is 0.346. The molecule has 64 valence electrons. The summed E-state index contributed by atoms with van der Waals surface area (Å²) in [4.78, 5) is 9.89. The van der Waals surface area contributed by atoms with Crippen LogP contribution in [0.15, 0.2) is 12.2 Å². The summed E-state index contributed by atoms with van der Waals surface area (Å²) >= 11 is 0. The Kier molecular flexibility index (Phi) is 8.83. The van der Waals surface area contributed by atoms with Gasteiger partial charge in [-0.15, -0.1) is 0 Å². The monoisotopic (exact) mass is 156 g/mol. The van der Waals surface area contributed by atoms with Gasteiger partial charge in [-0.3, -0.25) is 0 Å². The molecule has 0 fully saturated rings. The molecule has 0 amide bonds. The number of carbonyl (C=O) groups excluding carboxylic acids is 1. The van der Waals surface area contributed by atoms with Crippen molar-refractivity contribution in [3.63, 3.8) is 0 Å². The topological polar surface area (TPSA) is 37.3 Å². The summed E-state index contributed by atoms with van der Waals surface area (Å²) < 4.78 is 0. The van der Waals surface area contributed by atoms with E-state index in [1.54, 1.807) is 6.08 Å². The second-order valence-corrected chi connectivity index (χ2v) is 2.46. The van der Waals surface area contributed by atoms with Gasteiger partial charge in [0.05, 0.1) is 6.61 Å². The Morgan fingerprint density at radius 3 is 2.36 bits per heavy atom. The Hall–Kier alpha value is -0.630. The third-order valence-electron chi connectivity index (χ3n) is 1.46. The molecule has 0 saturated heterocycles. The molecule has 0 radical (unpaired) electrons. The molecule has 0 unspecified atom stereocenters. The van der Waals surface area contributed by atoms with Crippen LogP contribution in [-0.2, 0) is 4.79 Å². The number of hydrogen-bond donors (Lipinski definition) is 1. The first kappa shape index (κ1) is 10.4. The molecule has 1 N–H and O–H groups in total. The molecule has 0 spiro atoms. The number of unbranched alkanes of at least 4 members (excludes halogenated alkanes) is 4. The van der Waals surface area contributed by atoms with E-state index in [0.29, 0.717) is 6.42 Å². The van der Waals surface area contributed by atoms with E-state index in [1.165, 1.54) is 0 Å². The lowest BCUT2D eigenvalue weighted by Crippen LogP contribution is -1.78. The molecule has 2 heteroatoms. The van der Waals surface area contributed by atoms with E-state index >= 15 is 0 Å². The van der Waals surface area contributed by atoms with Crippen molar-refractivity contribution in [1.29, 1.82) is 0 Å². The summed E-state index contributed by atoms with van der Waals surface area (Å²) in [6.07, 6.45) is 9.60.